The average Bonchev–Trinajstić information content (AvgIpc) is 3.02. The predicted octanol–water partition coefficient (Wildman–Crippen LogP) is 4.55. The Kier molecular flexibility index (Phi) is 11.3. The molecule has 43 heavy (non-hydrogen) atoms. The van der Waals surface area contributed by atoms with Crippen LogP contribution in [0, 0.1) is 5.92 Å². The molecule has 234 valence electrons. The van der Waals surface area contributed by atoms with Crippen molar-refractivity contribution in [1.29, 1.82) is 0 Å². The van der Waals surface area contributed by atoms with Gasteiger partial charge >= 0.3 is 0 Å². The number of hydrogen-bond acceptors (Lipinski definition) is 5. The van der Waals surface area contributed by atoms with Crippen molar-refractivity contribution in [3.63, 3.8) is 0 Å². The molecule has 2 atom stereocenters. The van der Waals surface area contributed by atoms with E-state index in [-0.39, 0.29) is 23.6 Å². The summed E-state index contributed by atoms with van der Waals surface area (Å²) < 4.78 is 0. The SMILES string of the molecule is CCCCN1C(=O)[C@@H]([C@H](O)C(CC)CC)NC(=O)C12CCN(Cc1ccc(Cc3ccc(C(=O)NC)cc3Cl)cc1)CC2. The summed E-state index contributed by atoms with van der Waals surface area (Å²) in [6, 6.07) is 13.0. The predicted molar refractivity (Wildman–Crippen MR) is 170 cm³/mol. The number of likely N-dealkylation sites (tertiary alicyclic amines) is 1. The number of hydrogen-bond donors (Lipinski definition) is 3. The Hall–Kier alpha value is -2.94. The number of carbonyl (C=O) groups excluding carboxylic acids is 3. The number of unbranched alkanes of at least 4 members (excludes halogenated alkanes) is 1. The number of piperidine rings is 1. The van der Waals surface area contributed by atoms with E-state index in [1.807, 2.05) is 24.8 Å². The number of amides is 3. The highest BCUT2D eigenvalue weighted by molar-refractivity contribution is 6.31. The van der Waals surface area contributed by atoms with Gasteiger partial charge in [-0.25, -0.2) is 0 Å². The molecule has 0 saturated carbocycles. The first-order valence-corrected chi connectivity index (χ1v) is 16.2. The van der Waals surface area contributed by atoms with E-state index >= 15 is 0 Å². The lowest BCUT2D eigenvalue weighted by atomic mass is 9.79. The Balaban J connectivity index is 1.39. The molecule has 2 aliphatic heterocycles. The average molecular weight is 611 g/mol. The van der Waals surface area contributed by atoms with Gasteiger partial charge < -0.3 is 20.6 Å². The van der Waals surface area contributed by atoms with Gasteiger partial charge in [-0.1, -0.05) is 82.0 Å². The standard InChI is InChI=1S/C34H47ClN4O4/c1-5-8-17-39-32(42)29(30(40)25(6-2)7-3)37-33(43)34(39)15-18-38(19-16-34)22-24-11-9-23(10-12-24)20-26-13-14-27(21-28(26)35)31(41)36-4/h9-14,21,25,29-30,40H,5-8,15-20,22H2,1-4H3,(H,36,41)(H,37,43)/t29-,30-/m1/s1. The highest BCUT2D eigenvalue weighted by Gasteiger charge is 2.55. The second-order valence-electron chi connectivity index (χ2n) is 12.0. The molecule has 0 aliphatic carbocycles. The maximum Gasteiger partial charge on any atom is 0.251 e. The number of piperazine rings is 1. The molecule has 3 N–H and O–H groups in total. The van der Waals surface area contributed by atoms with E-state index in [0.29, 0.717) is 49.5 Å². The molecule has 2 saturated heterocycles. The Morgan fingerprint density at radius 2 is 1.72 bits per heavy atom. The van der Waals surface area contributed by atoms with Gasteiger partial charge in [0.05, 0.1) is 6.10 Å². The van der Waals surface area contributed by atoms with Crippen LogP contribution < -0.4 is 10.6 Å². The first-order valence-electron chi connectivity index (χ1n) is 15.8. The monoisotopic (exact) mass is 610 g/mol. The van der Waals surface area contributed by atoms with E-state index in [1.54, 1.807) is 19.2 Å². The summed E-state index contributed by atoms with van der Waals surface area (Å²) >= 11 is 6.46. The van der Waals surface area contributed by atoms with E-state index in [0.717, 1.165) is 43.4 Å². The van der Waals surface area contributed by atoms with Crippen LogP contribution in [0.5, 0.6) is 0 Å². The first-order chi connectivity index (χ1) is 20.7. The summed E-state index contributed by atoms with van der Waals surface area (Å²) in [7, 11) is 1.60. The molecule has 8 nitrogen and oxygen atoms in total. The number of aliphatic hydroxyl groups excluding tert-OH is 1. The van der Waals surface area contributed by atoms with Crippen LogP contribution in [-0.2, 0) is 22.6 Å². The van der Waals surface area contributed by atoms with E-state index in [1.165, 1.54) is 5.56 Å². The van der Waals surface area contributed by atoms with Crippen molar-refractivity contribution < 1.29 is 19.5 Å². The van der Waals surface area contributed by atoms with Crippen LogP contribution in [0.15, 0.2) is 42.5 Å². The number of carbonyl (C=O) groups is 3. The molecule has 0 unspecified atom stereocenters. The Bertz CT molecular complexity index is 1270. The van der Waals surface area contributed by atoms with Crippen LogP contribution in [0.2, 0.25) is 5.02 Å². The molecule has 0 bridgehead atoms. The van der Waals surface area contributed by atoms with E-state index in [4.69, 9.17) is 11.6 Å². The smallest absolute Gasteiger partial charge is 0.251 e. The zero-order chi connectivity index (χ0) is 31.1. The lowest BCUT2D eigenvalue weighted by Crippen LogP contribution is -2.75. The molecular weight excluding hydrogens is 564 g/mol. The van der Waals surface area contributed by atoms with Gasteiger partial charge in [-0.3, -0.25) is 19.3 Å². The maximum atomic E-state index is 13.8. The fourth-order valence-corrected chi connectivity index (χ4v) is 6.80. The van der Waals surface area contributed by atoms with Gasteiger partial charge in [0.15, 0.2) is 0 Å². The van der Waals surface area contributed by atoms with Crippen molar-refractivity contribution in [1.82, 2.24) is 20.4 Å². The van der Waals surface area contributed by atoms with Crippen LogP contribution in [0.1, 0.15) is 86.3 Å². The van der Waals surface area contributed by atoms with Gasteiger partial charge in [0, 0.05) is 43.8 Å². The topological polar surface area (TPSA) is 102 Å². The number of rotatable bonds is 12. The lowest BCUT2D eigenvalue weighted by Gasteiger charge is -2.52. The molecule has 3 amide bonds. The van der Waals surface area contributed by atoms with Crippen LogP contribution >= 0.6 is 11.6 Å². The summed E-state index contributed by atoms with van der Waals surface area (Å²) in [4.78, 5) is 43.5. The zero-order valence-corrected chi connectivity index (χ0v) is 26.8. The first kappa shape index (κ1) is 33.0. The van der Waals surface area contributed by atoms with Crippen molar-refractivity contribution in [2.24, 2.45) is 5.92 Å². The fourth-order valence-electron chi connectivity index (χ4n) is 6.55. The fraction of sp³-hybridized carbons (Fsp3) is 0.559. The minimum Gasteiger partial charge on any atom is -0.390 e. The Morgan fingerprint density at radius 3 is 2.30 bits per heavy atom. The summed E-state index contributed by atoms with van der Waals surface area (Å²) in [5.74, 6) is -0.453. The number of nitrogens with one attached hydrogen (secondary N) is 2. The van der Waals surface area contributed by atoms with Crippen molar-refractivity contribution in [3.8, 4) is 0 Å². The summed E-state index contributed by atoms with van der Waals surface area (Å²) in [5, 5.41) is 17.2. The van der Waals surface area contributed by atoms with E-state index in [2.05, 4.69) is 46.7 Å². The largest absolute Gasteiger partial charge is 0.390 e. The third kappa shape index (κ3) is 7.24. The highest BCUT2D eigenvalue weighted by Crippen LogP contribution is 2.35. The van der Waals surface area contributed by atoms with E-state index < -0.39 is 17.7 Å². The Morgan fingerprint density at radius 1 is 1.07 bits per heavy atom. The van der Waals surface area contributed by atoms with Gasteiger partial charge in [-0.15, -0.1) is 0 Å². The zero-order valence-electron chi connectivity index (χ0n) is 26.0. The van der Waals surface area contributed by atoms with Gasteiger partial charge in [0.1, 0.15) is 11.6 Å². The quantitative estimate of drug-likeness (QED) is 0.327. The maximum absolute atomic E-state index is 13.8. The highest BCUT2D eigenvalue weighted by atomic mass is 35.5. The molecule has 2 aromatic rings. The van der Waals surface area contributed by atoms with Crippen LogP contribution in [0.25, 0.3) is 0 Å². The molecule has 4 rings (SSSR count). The molecule has 0 radical (unpaired) electrons. The van der Waals surface area contributed by atoms with Gasteiger partial charge in [-0.05, 0) is 60.4 Å². The molecule has 2 heterocycles. The van der Waals surface area contributed by atoms with Crippen molar-refractivity contribution in [3.05, 3.63) is 69.7 Å². The normalized spacial score (nSPS) is 19.5. The van der Waals surface area contributed by atoms with Crippen LogP contribution in [0.3, 0.4) is 0 Å². The van der Waals surface area contributed by atoms with Crippen LogP contribution in [0.4, 0.5) is 0 Å². The minimum atomic E-state index is -0.881. The lowest BCUT2D eigenvalue weighted by molar-refractivity contribution is -0.165. The third-order valence-corrected chi connectivity index (χ3v) is 9.77. The second kappa shape index (κ2) is 14.7. The van der Waals surface area contributed by atoms with Crippen LogP contribution in [-0.4, -0.2) is 77.0 Å². The third-order valence-electron chi connectivity index (χ3n) is 9.42. The number of benzene rings is 2. The molecule has 9 heteroatoms. The van der Waals surface area contributed by atoms with Crippen molar-refractivity contribution in [2.45, 2.75) is 89.9 Å². The number of aliphatic hydroxyl groups is 1. The van der Waals surface area contributed by atoms with Gasteiger partial charge in [0.25, 0.3) is 5.91 Å². The van der Waals surface area contributed by atoms with Gasteiger partial charge in [0.2, 0.25) is 11.8 Å². The van der Waals surface area contributed by atoms with Crippen molar-refractivity contribution >= 4 is 29.3 Å². The summed E-state index contributed by atoms with van der Waals surface area (Å²) in [6.07, 6.45) is 4.21. The molecule has 2 fully saturated rings. The molecule has 0 aromatic heterocycles. The summed E-state index contributed by atoms with van der Waals surface area (Å²) in [5.41, 5.74) is 2.96. The van der Waals surface area contributed by atoms with E-state index in [9.17, 15) is 19.5 Å². The summed E-state index contributed by atoms with van der Waals surface area (Å²) in [6.45, 7) is 8.82. The molecule has 2 aliphatic rings. The second-order valence-corrected chi connectivity index (χ2v) is 12.5. The molecular formula is C34H47ClN4O4. The van der Waals surface area contributed by atoms with Crippen molar-refractivity contribution in [2.75, 3.05) is 26.7 Å². The van der Waals surface area contributed by atoms with Gasteiger partial charge in [-0.2, -0.15) is 0 Å². The minimum absolute atomic E-state index is 0.0314. The molecule has 2 aromatic carbocycles. The molecule has 1 spiro atoms. The Labute approximate surface area is 261 Å². The number of halogens is 1. The number of nitrogens with zero attached hydrogens (tertiary/aromatic N) is 2.